The van der Waals surface area contributed by atoms with E-state index < -0.39 is 17.7 Å². The quantitative estimate of drug-likeness (QED) is 0.413. The molecule has 1 fully saturated rings. The van der Waals surface area contributed by atoms with E-state index in [0.717, 1.165) is 0 Å². The summed E-state index contributed by atoms with van der Waals surface area (Å²) in [7, 11) is 0. The van der Waals surface area contributed by atoms with Crippen molar-refractivity contribution >= 4 is 34.9 Å². The summed E-state index contributed by atoms with van der Waals surface area (Å²) in [5, 5.41) is 15.2. The zero-order valence-electron chi connectivity index (χ0n) is 14.7. The predicted molar refractivity (Wildman–Crippen MR) is 102 cm³/mol. The van der Waals surface area contributed by atoms with Gasteiger partial charge in [-0.15, -0.1) is 0 Å². The molecule has 140 valence electrons. The number of carbonyl (C=O) groups excluding carboxylic acids is 2. The van der Waals surface area contributed by atoms with Crippen molar-refractivity contribution in [2.45, 2.75) is 13.0 Å². The zero-order valence-corrected chi connectivity index (χ0v) is 15.4. The molecule has 8 heteroatoms. The van der Waals surface area contributed by atoms with Gasteiger partial charge in [0.1, 0.15) is 11.5 Å². The lowest BCUT2D eigenvalue weighted by Gasteiger charge is -2.22. The van der Waals surface area contributed by atoms with Gasteiger partial charge in [0.25, 0.3) is 5.78 Å². The molecule has 0 aliphatic carbocycles. The molecule has 3 aromatic rings. The monoisotopic (exact) mass is 395 g/mol. The number of rotatable bonds is 3. The number of pyridine rings is 1. The largest absolute Gasteiger partial charge is 0.507 e. The first kappa shape index (κ1) is 17.9. The lowest BCUT2D eigenvalue weighted by Crippen LogP contribution is -2.29. The molecular weight excluding hydrogens is 382 g/mol. The molecule has 4 rings (SSSR count). The standard InChI is InChI=1S/C20H14ClN3O4/c1-11-9-15(23-28-11)24-17(13-3-2-8-22-10-13)16(19(26)20(24)27)18(25)12-4-6-14(21)7-5-12/h2-10,17,25H,1H3/t17-/m1/s1. The van der Waals surface area contributed by atoms with Crippen molar-refractivity contribution in [1.29, 1.82) is 0 Å². The van der Waals surface area contributed by atoms with E-state index in [1.54, 1.807) is 55.6 Å². The number of hydrogen-bond acceptors (Lipinski definition) is 6. The van der Waals surface area contributed by atoms with Gasteiger partial charge in [0, 0.05) is 29.0 Å². The van der Waals surface area contributed by atoms with Crippen LogP contribution < -0.4 is 4.90 Å². The van der Waals surface area contributed by atoms with E-state index in [9.17, 15) is 14.7 Å². The molecule has 1 atom stereocenters. The maximum Gasteiger partial charge on any atom is 0.301 e. The Hall–Kier alpha value is -3.45. The summed E-state index contributed by atoms with van der Waals surface area (Å²) in [6.07, 6.45) is 3.11. The van der Waals surface area contributed by atoms with Crippen LogP contribution in [0, 0.1) is 6.92 Å². The third kappa shape index (κ3) is 2.95. The fourth-order valence-electron chi connectivity index (χ4n) is 3.15. The van der Waals surface area contributed by atoms with Crippen LogP contribution in [0.3, 0.4) is 0 Å². The highest BCUT2D eigenvalue weighted by Gasteiger charge is 2.48. The molecule has 1 aromatic carbocycles. The Labute approximate surface area is 164 Å². The second-order valence-electron chi connectivity index (χ2n) is 6.26. The van der Waals surface area contributed by atoms with Crippen molar-refractivity contribution in [2.24, 2.45) is 0 Å². The van der Waals surface area contributed by atoms with Crippen LogP contribution in [0.4, 0.5) is 5.82 Å². The molecule has 1 N–H and O–H groups in total. The second kappa shape index (κ2) is 6.94. The van der Waals surface area contributed by atoms with Gasteiger partial charge in [0.05, 0.1) is 11.6 Å². The normalized spacial score (nSPS) is 18.6. The highest BCUT2D eigenvalue weighted by atomic mass is 35.5. The van der Waals surface area contributed by atoms with Gasteiger partial charge in [0.15, 0.2) is 5.82 Å². The maximum atomic E-state index is 12.8. The SMILES string of the molecule is Cc1cc(N2C(=O)C(=O)C(=C(O)c3ccc(Cl)cc3)[C@H]2c2cccnc2)no1. The lowest BCUT2D eigenvalue weighted by atomic mass is 9.96. The van der Waals surface area contributed by atoms with Gasteiger partial charge in [-0.05, 0) is 42.8 Å². The molecular formula is C20H14ClN3O4. The molecule has 28 heavy (non-hydrogen) atoms. The Kier molecular flexibility index (Phi) is 4.44. The van der Waals surface area contributed by atoms with Crippen molar-refractivity contribution in [3.63, 3.8) is 0 Å². The number of Topliss-reactive ketones (excluding diaryl/α,β-unsaturated/α-hetero) is 1. The summed E-state index contributed by atoms with van der Waals surface area (Å²) in [6.45, 7) is 1.68. The predicted octanol–water partition coefficient (Wildman–Crippen LogP) is 3.66. The number of anilines is 1. The summed E-state index contributed by atoms with van der Waals surface area (Å²) < 4.78 is 5.07. The molecule has 2 aromatic heterocycles. The van der Waals surface area contributed by atoms with Crippen molar-refractivity contribution in [2.75, 3.05) is 4.90 Å². The number of halogens is 1. The summed E-state index contributed by atoms with van der Waals surface area (Å²) in [5.74, 6) is -1.26. The molecule has 1 aliphatic rings. The van der Waals surface area contributed by atoms with E-state index in [-0.39, 0.29) is 17.2 Å². The number of aliphatic hydroxyl groups excluding tert-OH is 1. The number of benzene rings is 1. The minimum atomic E-state index is -0.895. The van der Waals surface area contributed by atoms with E-state index in [4.69, 9.17) is 16.1 Å². The zero-order chi connectivity index (χ0) is 19.8. The maximum absolute atomic E-state index is 12.8. The average molecular weight is 396 g/mol. The minimum Gasteiger partial charge on any atom is -0.507 e. The van der Waals surface area contributed by atoms with Crippen LogP contribution in [-0.4, -0.2) is 26.9 Å². The summed E-state index contributed by atoms with van der Waals surface area (Å²) in [6, 6.07) is 10.4. The molecule has 0 spiro atoms. The fraction of sp³-hybridized carbons (Fsp3) is 0.100. The Morgan fingerprint density at radius 3 is 2.57 bits per heavy atom. The second-order valence-corrected chi connectivity index (χ2v) is 6.69. The summed E-state index contributed by atoms with van der Waals surface area (Å²) in [5.41, 5.74) is 0.867. The van der Waals surface area contributed by atoms with E-state index in [2.05, 4.69) is 10.1 Å². The fourth-order valence-corrected chi connectivity index (χ4v) is 3.28. The first-order valence-electron chi connectivity index (χ1n) is 8.37. The van der Waals surface area contributed by atoms with Crippen molar-refractivity contribution in [1.82, 2.24) is 10.1 Å². The van der Waals surface area contributed by atoms with Crippen LogP contribution in [-0.2, 0) is 9.59 Å². The molecule has 0 radical (unpaired) electrons. The first-order chi connectivity index (χ1) is 13.5. The summed E-state index contributed by atoms with van der Waals surface area (Å²) >= 11 is 5.90. The Bertz CT molecular complexity index is 1090. The van der Waals surface area contributed by atoms with Gasteiger partial charge in [-0.2, -0.15) is 0 Å². The van der Waals surface area contributed by atoms with Crippen molar-refractivity contribution < 1.29 is 19.2 Å². The van der Waals surface area contributed by atoms with Crippen LogP contribution in [0.15, 0.2) is 65.0 Å². The third-order valence-corrected chi connectivity index (χ3v) is 4.68. The smallest absolute Gasteiger partial charge is 0.301 e. The van der Waals surface area contributed by atoms with Gasteiger partial charge in [-0.25, -0.2) is 0 Å². The molecule has 1 aliphatic heterocycles. The Balaban J connectivity index is 1.93. The van der Waals surface area contributed by atoms with Crippen LogP contribution >= 0.6 is 11.6 Å². The molecule has 7 nitrogen and oxygen atoms in total. The lowest BCUT2D eigenvalue weighted by molar-refractivity contribution is -0.132. The van der Waals surface area contributed by atoms with Gasteiger partial charge in [0.2, 0.25) is 0 Å². The molecule has 3 heterocycles. The first-order valence-corrected chi connectivity index (χ1v) is 8.75. The number of carbonyl (C=O) groups is 2. The topological polar surface area (TPSA) is 96.5 Å². The minimum absolute atomic E-state index is 0.0547. The van der Waals surface area contributed by atoms with E-state index in [1.807, 2.05) is 0 Å². The highest BCUT2D eigenvalue weighted by Crippen LogP contribution is 2.41. The van der Waals surface area contributed by atoms with Crippen LogP contribution in [0.1, 0.15) is 22.9 Å². The van der Waals surface area contributed by atoms with E-state index in [1.165, 1.54) is 11.1 Å². The van der Waals surface area contributed by atoms with Crippen molar-refractivity contribution in [3.05, 3.63) is 82.3 Å². The van der Waals surface area contributed by atoms with Gasteiger partial charge in [-0.3, -0.25) is 19.5 Å². The highest BCUT2D eigenvalue weighted by molar-refractivity contribution is 6.51. The summed E-state index contributed by atoms with van der Waals surface area (Å²) in [4.78, 5) is 30.9. The number of aliphatic hydroxyl groups is 1. The molecule has 0 unspecified atom stereocenters. The number of amides is 1. The Morgan fingerprint density at radius 2 is 1.96 bits per heavy atom. The van der Waals surface area contributed by atoms with Gasteiger partial charge >= 0.3 is 5.91 Å². The van der Waals surface area contributed by atoms with Crippen molar-refractivity contribution in [3.8, 4) is 0 Å². The number of aryl methyl sites for hydroxylation is 1. The number of ketones is 1. The number of nitrogens with zero attached hydrogens (tertiary/aromatic N) is 3. The third-order valence-electron chi connectivity index (χ3n) is 4.42. The van der Waals surface area contributed by atoms with Crippen LogP contribution in [0.25, 0.3) is 5.76 Å². The molecule has 1 amide bonds. The van der Waals surface area contributed by atoms with Crippen LogP contribution in [0.5, 0.6) is 0 Å². The molecule has 0 bridgehead atoms. The van der Waals surface area contributed by atoms with E-state index in [0.29, 0.717) is 21.9 Å². The Morgan fingerprint density at radius 1 is 1.21 bits per heavy atom. The number of hydrogen-bond donors (Lipinski definition) is 1. The van der Waals surface area contributed by atoms with E-state index >= 15 is 0 Å². The van der Waals surface area contributed by atoms with Crippen LogP contribution in [0.2, 0.25) is 5.02 Å². The van der Waals surface area contributed by atoms with Gasteiger partial charge in [-0.1, -0.05) is 22.8 Å². The average Bonchev–Trinajstić information content (AvgIpc) is 3.24. The molecule has 0 saturated carbocycles. The molecule has 1 saturated heterocycles. The van der Waals surface area contributed by atoms with Gasteiger partial charge < -0.3 is 9.63 Å². The number of aromatic nitrogens is 2.